The summed E-state index contributed by atoms with van der Waals surface area (Å²) in [5.41, 5.74) is 0.284. The molecular weight excluding hydrogens is 346 g/mol. The SMILES string of the molecule is COc1ccc(NC(=O)/C(C#N)=C\NC2CCS(=O)(=O)C2)cc1OC. The Morgan fingerprint density at radius 2 is 2.04 bits per heavy atom. The summed E-state index contributed by atoms with van der Waals surface area (Å²) in [7, 11) is -0.0568. The van der Waals surface area contributed by atoms with E-state index in [1.165, 1.54) is 20.4 Å². The summed E-state index contributed by atoms with van der Waals surface area (Å²) in [5, 5.41) is 14.6. The Kier molecular flexibility index (Phi) is 5.88. The summed E-state index contributed by atoms with van der Waals surface area (Å²) in [6, 6.07) is 6.33. The van der Waals surface area contributed by atoms with E-state index in [0.29, 0.717) is 23.6 Å². The molecule has 1 aromatic carbocycles. The fourth-order valence-electron chi connectivity index (χ4n) is 2.39. The lowest BCUT2D eigenvalue weighted by Gasteiger charge is -2.11. The molecule has 0 aromatic heterocycles. The molecule has 1 atom stereocenters. The van der Waals surface area contributed by atoms with Crippen LogP contribution in [-0.2, 0) is 14.6 Å². The smallest absolute Gasteiger partial charge is 0.267 e. The first-order valence-electron chi connectivity index (χ1n) is 7.48. The van der Waals surface area contributed by atoms with E-state index in [-0.39, 0.29) is 23.1 Å². The molecule has 9 heteroatoms. The molecule has 25 heavy (non-hydrogen) atoms. The summed E-state index contributed by atoms with van der Waals surface area (Å²) in [5.74, 6) is 0.457. The molecule has 1 aliphatic heterocycles. The second kappa shape index (κ2) is 7.90. The van der Waals surface area contributed by atoms with Crippen LogP contribution in [0, 0.1) is 11.3 Å². The van der Waals surface area contributed by atoms with Gasteiger partial charge < -0.3 is 20.1 Å². The van der Waals surface area contributed by atoms with Crippen LogP contribution in [0.15, 0.2) is 30.0 Å². The maximum Gasteiger partial charge on any atom is 0.267 e. The van der Waals surface area contributed by atoms with E-state index in [9.17, 15) is 13.2 Å². The minimum Gasteiger partial charge on any atom is -0.493 e. The second-order valence-corrected chi connectivity index (χ2v) is 7.69. The van der Waals surface area contributed by atoms with Gasteiger partial charge in [-0.15, -0.1) is 0 Å². The standard InChI is InChI=1S/C16H19N3O5S/c1-23-14-4-3-12(7-15(14)24-2)19-16(20)11(8-17)9-18-13-5-6-25(21,22)10-13/h3-4,7,9,13,18H,5-6,10H2,1-2H3,(H,19,20)/b11-9-. The van der Waals surface area contributed by atoms with E-state index in [4.69, 9.17) is 14.7 Å². The number of benzene rings is 1. The number of sulfone groups is 1. The molecule has 0 bridgehead atoms. The van der Waals surface area contributed by atoms with Crippen LogP contribution in [0.25, 0.3) is 0 Å². The van der Waals surface area contributed by atoms with Crippen LogP contribution in [0.1, 0.15) is 6.42 Å². The highest BCUT2D eigenvalue weighted by Gasteiger charge is 2.27. The molecule has 1 aliphatic rings. The summed E-state index contributed by atoms with van der Waals surface area (Å²) in [6.45, 7) is 0. The summed E-state index contributed by atoms with van der Waals surface area (Å²) in [4.78, 5) is 12.2. The molecule has 134 valence electrons. The topological polar surface area (TPSA) is 118 Å². The van der Waals surface area contributed by atoms with E-state index in [1.807, 2.05) is 0 Å². The van der Waals surface area contributed by atoms with Crippen LogP contribution in [-0.4, -0.2) is 46.1 Å². The average Bonchev–Trinajstić information content (AvgIpc) is 2.94. The van der Waals surface area contributed by atoms with Crippen molar-refractivity contribution in [2.24, 2.45) is 0 Å². The highest BCUT2D eigenvalue weighted by atomic mass is 32.2. The Bertz CT molecular complexity index is 827. The van der Waals surface area contributed by atoms with Crippen LogP contribution in [0.4, 0.5) is 5.69 Å². The summed E-state index contributed by atoms with van der Waals surface area (Å²) in [6.07, 6.45) is 1.70. The molecule has 0 spiro atoms. The highest BCUT2D eigenvalue weighted by Crippen LogP contribution is 2.29. The Balaban J connectivity index is 2.05. The van der Waals surface area contributed by atoms with E-state index >= 15 is 0 Å². The number of nitrogens with zero attached hydrogens (tertiary/aromatic N) is 1. The normalized spacial score (nSPS) is 18.9. The third-order valence-electron chi connectivity index (χ3n) is 3.70. The molecule has 0 aliphatic carbocycles. The number of hydrogen-bond acceptors (Lipinski definition) is 7. The molecule has 1 aromatic rings. The lowest BCUT2D eigenvalue weighted by Crippen LogP contribution is -2.27. The van der Waals surface area contributed by atoms with Gasteiger partial charge in [-0.05, 0) is 18.6 Å². The minimum atomic E-state index is -3.03. The van der Waals surface area contributed by atoms with E-state index in [0.717, 1.165) is 0 Å². The Hall–Kier alpha value is -2.73. The largest absolute Gasteiger partial charge is 0.493 e. The van der Waals surface area contributed by atoms with Gasteiger partial charge in [0.1, 0.15) is 11.6 Å². The fraction of sp³-hybridized carbons (Fsp3) is 0.375. The van der Waals surface area contributed by atoms with Gasteiger partial charge in [0.25, 0.3) is 5.91 Å². The van der Waals surface area contributed by atoms with Crippen molar-refractivity contribution in [2.75, 3.05) is 31.0 Å². The number of nitrogens with one attached hydrogen (secondary N) is 2. The molecule has 1 saturated heterocycles. The zero-order valence-corrected chi connectivity index (χ0v) is 14.7. The maximum atomic E-state index is 12.2. The molecule has 0 saturated carbocycles. The number of rotatable bonds is 6. The van der Waals surface area contributed by atoms with Crippen LogP contribution < -0.4 is 20.1 Å². The van der Waals surface area contributed by atoms with Gasteiger partial charge in [-0.2, -0.15) is 5.26 Å². The molecule has 8 nitrogen and oxygen atoms in total. The number of nitriles is 1. The van der Waals surface area contributed by atoms with Crippen LogP contribution in [0.2, 0.25) is 0 Å². The van der Waals surface area contributed by atoms with Crippen molar-refractivity contribution in [3.63, 3.8) is 0 Å². The lowest BCUT2D eigenvalue weighted by molar-refractivity contribution is -0.112. The van der Waals surface area contributed by atoms with Gasteiger partial charge in [0, 0.05) is 24.0 Å². The number of hydrogen-bond donors (Lipinski definition) is 2. The van der Waals surface area contributed by atoms with Gasteiger partial charge in [0.15, 0.2) is 21.3 Å². The lowest BCUT2D eigenvalue weighted by atomic mass is 10.2. The fourth-order valence-corrected chi connectivity index (χ4v) is 4.07. The first-order valence-corrected chi connectivity index (χ1v) is 9.31. The first-order chi connectivity index (χ1) is 11.9. The number of amides is 1. The quantitative estimate of drug-likeness (QED) is 0.566. The molecule has 2 N–H and O–H groups in total. The Morgan fingerprint density at radius 3 is 2.60 bits per heavy atom. The third kappa shape index (κ3) is 4.87. The molecular formula is C16H19N3O5S. The number of carbonyl (C=O) groups is 1. The van der Waals surface area contributed by atoms with Crippen molar-refractivity contribution in [1.29, 1.82) is 5.26 Å². The second-order valence-electron chi connectivity index (χ2n) is 5.46. The van der Waals surface area contributed by atoms with Gasteiger partial charge in [-0.1, -0.05) is 0 Å². The molecule has 1 fully saturated rings. The van der Waals surface area contributed by atoms with Gasteiger partial charge in [0.2, 0.25) is 0 Å². The predicted molar refractivity (Wildman–Crippen MR) is 92.1 cm³/mol. The Labute approximate surface area is 146 Å². The minimum absolute atomic E-state index is 0.000490. The molecule has 1 unspecified atom stereocenters. The van der Waals surface area contributed by atoms with Crippen molar-refractivity contribution >= 4 is 21.4 Å². The number of carbonyl (C=O) groups excluding carboxylic acids is 1. The predicted octanol–water partition coefficient (Wildman–Crippen LogP) is 0.826. The van der Waals surface area contributed by atoms with Crippen LogP contribution in [0.3, 0.4) is 0 Å². The van der Waals surface area contributed by atoms with Crippen molar-refractivity contribution < 1.29 is 22.7 Å². The van der Waals surface area contributed by atoms with E-state index in [2.05, 4.69) is 10.6 Å². The highest BCUT2D eigenvalue weighted by molar-refractivity contribution is 7.91. The number of methoxy groups -OCH3 is 2. The number of anilines is 1. The van der Waals surface area contributed by atoms with Gasteiger partial charge >= 0.3 is 0 Å². The van der Waals surface area contributed by atoms with Crippen molar-refractivity contribution in [1.82, 2.24) is 5.32 Å². The van der Waals surface area contributed by atoms with Crippen LogP contribution >= 0.6 is 0 Å². The first kappa shape index (κ1) is 18.6. The monoisotopic (exact) mass is 365 g/mol. The molecule has 1 heterocycles. The van der Waals surface area contributed by atoms with E-state index < -0.39 is 15.7 Å². The maximum absolute atomic E-state index is 12.2. The van der Waals surface area contributed by atoms with Crippen molar-refractivity contribution in [3.8, 4) is 17.6 Å². The molecule has 2 rings (SSSR count). The van der Waals surface area contributed by atoms with Gasteiger partial charge in [-0.25, -0.2) is 8.42 Å². The van der Waals surface area contributed by atoms with Crippen LogP contribution in [0.5, 0.6) is 11.5 Å². The van der Waals surface area contributed by atoms with Crippen molar-refractivity contribution in [3.05, 3.63) is 30.0 Å². The summed E-state index contributed by atoms with van der Waals surface area (Å²) >= 11 is 0. The van der Waals surface area contributed by atoms with Gasteiger partial charge in [0.05, 0.1) is 25.7 Å². The zero-order chi connectivity index (χ0) is 18.4. The van der Waals surface area contributed by atoms with E-state index in [1.54, 1.807) is 24.3 Å². The van der Waals surface area contributed by atoms with Gasteiger partial charge in [-0.3, -0.25) is 4.79 Å². The molecule has 0 radical (unpaired) electrons. The number of ether oxygens (including phenoxy) is 2. The third-order valence-corrected chi connectivity index (χ3v) is 5.47. The Morgan fingerprint density at radius 1 is 1.32 bits per heavy atom. The molecule has 1 amide bonds. The van der Waals surface area contributed by atoms with Crippen molar-refractivity contribution in [2.45, 2.75) is 12.5 Å². The average molecular weight is 365 g/mol. The summed E-state index contributed by atoms with van der Waals surface area (Å²) < 4.78 is 33.1. The zero-order valence-electron chi connectivity index (χ0n) is 13.9.